The maximum atomic E-state index is 12.3. The molecule has 2 aliphatic carbocycles. The van der Waals surface area contributed by atoms with Crippen molar-refractivity contribution in [2.75, 3.05) is 0 Å². The molecule has 2 aromatic heterocycles. The van der Waals surface area contributed by atoms with Crippen molar-refractivity contribution in [3.8, 4) is 0 Å². The van der Waals surface area contributed by atoms with E-state index in [-0.39, 0.29) is 11.0 Å². The van der Waals surface area contributed by atoms with Crippen molar-refractivity contribution in [1.82, 2.24) is 19.3 Å². The van der Waals surface area contributed by atoms with Crippen molar-refractivity contribution in [1.29, 1.82) is 0 Å². The normalized spacial score (nSPS) is 27.7. The molecule has 0 aliphatic heterocycles. The average molecular weight is 363 g/mol. The van der Waals surface area contributed by atoms with E-state index < -0.39 is 0 Å². The Hall–Kier alpha value is -1.43. The highest BCUT2D eigenvalue weighted by molar-refractivity contribution is 9.10. The van der Waals surface area contributed by atoms with E-state index in [0.717, 1.165) is 31.5 Å². The predicted octanol–water partition coefficient (Wildman–Crippen LogP) is 2.79. The second-order valence-electron chi connectivity index (χ2n) is 6.88. The van der Waals surface area contributed by atoms with E-state index in [4.69, 9.17) is 0 Å². The molecular weight excluding hydrogens is 344 g/mol. The second-order valence-corrected chi connectivity index (χ2v) is 7.74. The van der Waals surface area contributed by atoms with Crippen molar-refractivity contribution in [3.63, 3.8) is 0 Å². The van der Waals surface area contributed by atoms with Gasteiger partial charge in [-0.2, -0.15) is 0 Å². The minimum absolute atomic E-state index is 0.0757. The third kappa shape index (κ3) is 2.00. The molecule has 2 aliphatic rings. The van der Waals surface area contributed by atoms with E-state index in [1.54, 1.807) is 6.33 Å². The van der Waals surface area contributed by atoms with E-state index in [9.17, 15) is 4.79 Å². The summed E-state index contributed by atoms with van der Waals surface area (Å²) in [7, 11) is 1.99. The first kappa shape index (κ1) is 14.2. The Balaban J connectivity index is 1.88. The van der Waals surface area contributed by atoms with Crippen LogP contribution in [0.5, 0.6) is 0 Å². The molecule has 2 fully saturated rings. The molecule has 0 amide bonds. The van der Waals surface area contributed by atoms with E-state index >= 15 is 0 Å². The number of hydrogen-bond acceptors (Lipinski definition) is 3. The SMILES string of the molecule is CC1CC(c2cc(Br)c(=O)n(C3CC3)c2)(c2nncn2C)C1. The van der Waals surface area contributed by atoms with Gasteiger partial charge < -0.3 is 9.13 Å². The third-order valence-corrected chi connectivity index (χ3v) is 5.59. The van der Waals surface area contributed by atoms with Crippen LogP contribution in [0, 0.1) is 5.92 Å². The minimum Gasteiger partial charge on any atom is -0.320 e. The lowest BCUT2D eigenvalue weighted by molar-refractivity contribution is 0.184. The molecular formula is C16H19BrN4O. The Kier molecular flexibility index (Phi) is 3.08. The van der Waals surface area contributed by atoms with Gasteiger partial charge in [-0.05, 0) is 59.2 Å². The molecule has 0 N–H and O–H groups in total. The summed E-state index contributed by atoms with van der Waals surface area (Å²) >= 11 is 3.46. The molecule has 5 nitrogen and oxygen atoms in total. The van der Waals surface area contributed by atoms with Gasteiger partial charge in [-0.15, -0.1) is 10.2 Å². The predicted molar refractivity (Wildman–Crippen MR) is 86.9 cm³/mol. The van der Waals surface area contributed by atoms with Gasteiger partial charge in [-0.1, -0.05) is 6.92 Å². The molecule has 4 rings (SSSR count). The maximum Gasteiger partial charge on any atom is 0.265 e. The second kappa shape index (κ2) is 4.78. The number of rotatable bonds is 3. The lowest BCUT2D eigenvalue weighted by Crippen LogP contribution is -2.44. The topological polar surface area (TPSA) is 52.7 Å². The summed E-state index contributed by atoms with van der Waals surface area (Å²) in [5.41, 5.74) is 1.14. The van der Waals surface area contributed by atoms with Crippen molar-refractivity contribution in [2.45, 2.75) is 44.1 Å². The maximum absolute atomic E-state index is 12.3. The van der Waals surface area contributed by atoms with Crippen LogP contribution >= 0.6 is 15.9 Å². The first-order chi connectivity index (χ1) is 10.5. The Bertz CT molecular complexity index is 784. The molecule has 0 aromatic carbocycles. The first-order valence-corrected chi connectivity index (χ1v) is 8.57. The lowest BCUT2D eigenvalue weighted by Gasteiger charge is -2.46. The fourth-order valence-electron chi connectivity index (χ4n) is 3.85. The monoisotopic (exact) mass is 362 g/mol. The Morgan fingerprint density at radius 2 is 2.09 bits per heavy atom. The van der Waals surface area contributed by atoms with Gasteiger partial charge in [0.15, 0.2) is 0 Å². The summed E-state index contributed by atoms with van der Waals surface area (Å²) < 4.78 is 4.56. The highest BCUT2D eigenvalue weighted by Crippen LogP contribution is 2.51. The molecule has 0 bridgehead atoms. The fourth-order valence-corrected chi connectivity index (χ4v) is 4.30. The molecule has 2 heterocycles. The number of hydrogen-bond donors (Lipinski definition) is 0. The van der Waals surface area contributed by atoms with Crippen LogP contribution in [-0.4, -0.2) is 19.3 Å². The molecule has 22 heavy (non-hydrogen) atoms. The summed E-state index contributed by atoms with van der Waals surface area (Å²) in [5.74, 6) is 1.66. The quantitative estimate of drug-likeness (QED) is 0.843. The zero-order chi connectivity index (χ0) is 15.5. The lowest BCUT2D eigenvalue weighted by atomic mass is 9.59. The zero-order valence-corrected chi connectivity index (χ0v) is 14.4. The van der Waals surface area contributed by atoms with E-state index in [2.05, 4.69) is 39.2 Å². The Labute approximate surface area is 137 Å². The van der Waals surface area contributed by atoms with Crippen molar-refractivity contribution >= 4 is 15.9 Å². The van der Waals surface area contributed by atoms with Gasteiger partial charge in [0.05, 0.1) is 9.89 Å². The summed E-state index contributed by atoms with van der Waals surface area (Å²) in [4.78, 5) is 12.3. The van der Waals surface area contributed by atoms with Gasteiger partial charge in [0.2, 0.25) is 0 Å². The number of aryl methyl sites for hydroxylation is 1. The van der Waals surface area contributed by atoms with Crippen LogP contribution in [0.25, 0.3) is 0 Å². The van der Waals surface area contributed by atoms with Gasteiger partial charge >= 0.3 is 0 Å². The molecule has 0 spiro atoms. The van der Waals surface area contributed by atoms with Crippen LogP contribution in [0.3, 0.4) is 0 Å². The van der Waals surface area contributed by atoms with Crippen LogP contribution in [0.2, 0.25) is 0 Å². The smallest absolute Gasteiger partial charge is 0.265 e. The molecule has 2 aromatic rings. The third-order valence-electron chi connectivity index (χ3n) is 5.03. The number of nitrogens with zero attached hydrogens (tertiary/aromatic N) is 4. The average Bonchev–Trinajstić information content (AvgIpc) is 3.20. The van der Waals surface area contributed by atoms with Crippen LogP contribution in [0.15, 0.2) is 27.9 Å². The zero-order valence-electron chi connectivity index (χ0n) is 12.8. The molecule has 0 radical (unpaired) electrons. The van der Waals surface area contributed by atoms with E-state index in [0.29, 0.717) is 16.4 Å². The van der Waals surface area contributed by atoms with Gasteiger partial charge in [-0.25, -0.2) is 0 Å². The standard InChI is InChI=1S/C16H19BrN4O/c1-10-6-16(7-10,15-19-18-9-20(15)2)11-5-13(17)14(22)21(8-11)12-3-4-12/h5,8-10,12H,3-4,6-7H2,1-2H3. The van der Waals surface area contributed by atoms with Crippen molar-refractivity contribution in [3.05, 3.63) is 44.8 Å². The highest BCUT2D eigenvalue weighted by atomic mass is 79.9. The highest BCUT2D eigenvalue weighted by Gasteiger charge is 2.48. The molecule has 2 saturated carbocycles. The number of pyridine rings is 1. The van der Waals surface area contributed by atoms with Crippen LogP contribution in [0.4, 0.5) is 0 Å². The van der Waals surface area contributed by atoms with Gasteiger partial charge in [0.25, 0.3) is 5.56 Å². The van der Waals surface area contributed by atoms with Crippen LogP contribution < -0.4 is 5.56 Å². The molecule has 116 valence electrons. The molecule has 0 unspecified atom stereocenters. The van der Waals surface area contributed by atoms with Gasteiger partial charge in [0.1, 0.15) is 12.2 Å². The number of halogens is 1. The summed E-state index contributed by atoms with van der Waals surface area (Å²) in [5, 5.41) is 8.44. The molecule has 6 heteroatoms. The summed E-state index contributed by atoms with van der Waals surface area (Å²) in [6, 6.07) is 2.36. The number of aromatic nitrogens is 4. The van der Waals surface area contributed by atoms with Gasteiger partial charge in [-0.3, -0.25) is 4.79 Å². The summed E-state index contributed by atoms with van der Waals surface area (Å²) in [6.45, 7) is 2.26. The molecule has 0 saturated heterocycles. The van der Waals surface area contributed by atoms with Crippen LogP contribution in [0.1, 0.15) is 50.0 Å². The summed E-state index contributed by atoms with van der Waals surface area (Å²) in [6.07, 6.45) is 8.12. The first-order valence-electron chi connectivity index (χ1n) is 7.78. The van der Waals surface area contributed by atoms with E-state index in [1.165, 1.54) is 5.56 Å². The largest absolute Gasteiger partial charge is 0.320 e. The van der Waals surface area contributed by atoms with E-state index in [1.807, 2.05) is 22.2 Å². The Morgan fingerprint density at radius 1 is 1.36 bits per heavy atom. The van der Waals surface area contributed by atoms with Crippen molar-refractivity contribution in [2.24, 2.45) is 13.0 Å². The minimum atomic E-state index is -0.114. The molecule has 0 atom stereocenters. The van der Waals surface area contributed by atoms with Crippen molar-refractivity contribution < 1.29 is 0 Å². The van der Waals surface area contributed by atoms with Gasteiger partial charge in [0, 0.05) is 19.3 Å². The Morgan fingerprint density at radius 3 is 2.64 bits per heavy atom. The fraction of sp³-hybridized carbons (Fsp3) is 0.562. The van der Waals surface area contributed by atoms with Crippen LogP contribution in [-0.2, 0) is 12.5 Å².